The number of aromatic nitrogens is 2. The molecular formula is C20H11BrN2O. The van der Waals surface area contributed by atoms with Gasteiger partial charge >= 0.3 is 0 Å². The average molecular weight is 375 g/mol. The SMILES string of the molecule is Brc1cccc2c(-c3ccc4c(n3)oc3ccccc34)nccc12. The number of halogens is 1. The lowest BCUT2D eigenvalue weighted by Crippen LogP contribution is -1.89. The summed E-state index contributed by atoms with van der Waals surface area (Å²) in [5.74, 6) is 0. The van der Waals surface area contributed by atoms with Gasteiger partial charge in [0, 0.05) is 26.8 Å². The Kier molecular flexibility index (Phi) is 2.94. The van der Waals surface area contributed by atoms with Crippen molar-refractivity contribution in [3.05, 3.63) is 71.3 Å². The molecule has 0 fully saturated rings. The third-order valence-corrected chi connectivity index (χ3v) is 4.93. The molecule has 3 nitrogen and oxygen atoms in total. The van der Waals surface area contributed by atoms with Crippen molar-refractivity contribution in [2.45, 2.75) is 0 Å². The first-order valence-electron chi connectivity index (χ1n) is 7.63. The van der Waals surface area contributed by atoms with Gasteiger partial charge < -0.3 is 4.42 Å². The van der Waals surface area contributed by atoms with Crippen LogP contribution in [0.3, 0.4) is 0 Å². The van der Waals surface area contributed by atoms with Gasteiger partial charge in [-0.15, -0.1) is 0 Å². The van der Waals surface area contributed by atoms with E-state index in [0.717, 1.165) is 43.0 Å². The van der Waals surface area contributed by atoms with E-state index in [4.69, 9.17) is 9.40 Å². The maximum absolute atomic E-state index is 5.90. The van der Waals surface area contributed by atoms with E-state index in [0.29, 0.717) is 5.71 Å². The molecule has 2 aromatic carbocycles. The monoisotopic (exact) mass is 374 g/mol. The zero-order chi connectivity index (χ0) is 16.1. The van der Waals surface area contributed by atoms with E-state index in [-0.39, 0.29) is 0 Å². The summed E-state index contributed by atoms with van der Waals surface area (Å²) in [7, 11) is 0. The minimum Gasteiger partial charge on any atom is -0.438 e. The van der Waals surface area contributed by atoms with Gasteiger partial charge in [-0.1, -0.05) is 46.3 Å². The Bertz CT molecular complexity index is 1230. The Morgan fingerprint density at radius 3 is 2.58 bits per heavy atom. The highest BCUT2D eigenvalue weighted by Gasteiger charge is 2.12. The average Bonchev–Trinajstić information content (AvgIpc) is 2.99. The fourth-order valence-electron chi connectivity index (χ4n) is 3.11. The number of furan rings is 1. The molecular weight excluding hydrogens is 364 g/mol. The Morgan fingerprint density at radius 2 is 1.62 bits per heavy atom. The van der Waals surface area contributed by atoms with Crippen molar-refractivity contribution in [2.75, 3.05) is 0 Å². The molecule has 0 amide bonds. The van der Waals surface area contributed by atoms with Crippen molar-refractivity contribution in [3.63, 3.8) is 0 Å². The van der Waals surface area contributed by atoms with Gasteiger partial charge in [-0.2, -0.15) is 0 Å². The molecule has 5 aromatic rings. The van der Waals surface area contributed by atoms with Crippen molar-refractivity contribution in [1.29, 1.82) is 0 Å². The molecule has 0 aliphatic heterocycles. The summed E-state index contributed by atoms with van der Waals surface area (Å²) in [6.45, 7) is 0. The topological polar surface area (TPSA) is 38.9 Å². The molecule has 5 rings (SSSR count). The van der Waals surface area contributed by atoms with Crippen molar-refractivity contribution in [3.8, 4) is 11.4 Å². The second-order valence-corrected chi connectivity index (χ2v) is 6.50. The maximum Gasteiger partial charge on any atom is 0.227 e. The number of pyridine rings is 2. The number of hydrogen-bond donors (Lipinski definition) is 0. The lowest BCUT2D eigenvalue weighted by atomic mass is 10.1. The van der Waals surface area contributed by atoms with Gasteiger partial charge in [0.15, 0.2) is 0 Å². The van der Waals surface area contributed by atoms with Gasteiger partial charge in [-0.05, 0) is 35.7 Å². The van der Waals surface area contributed by atoms with E-state index in [1.165, 1.54) is 0 Å². The van der Waals surface area contributed by atoms with Gasteiger partial charge in [0.2, 0.25) is 5.71 Å². The van der Waals surface area contributed by atoms with Crippen molar-refractivity contribution in [2.24, 2.45) is 0 Å². The van der Waals surface area contributed by atoms with E-state index < -0.39 is 0 Å². The normalized spacial score (nSPS) is 11.5. The predicted molar refractivity (Wildman–Crippen MR) is 100.0 cm³/mol. The number of hydrogen-bond acceptors (Lipinski definition) is 3. The van der Waals surface area contributed by atoms with E-state index >= 15 is 0 Å². The molecule has 0 unspecified atom stereocenters. The number of fused-ring (bicyclic) bond motifs is 4. The summed E-state index contributed by atoms with van der Waals surface area (Å²) in [6, 6.07) is 20.2. The van der Waals surface area contributed by atoms with Gasteiger partial charge in [-0.25, -0.2) is 4.98 Å². The molecule has 3 aromatic heterocycles. The summed E-state index contributed by atoms with van der Waals surface area (Å²) in [5, 5.41) is 4.29. The number of para-hydroxylation sites is 1. The summed E-state index contributed by atoms with van der Waals surface area (Å²) in [4.78, 5) is 9.27. The van der Waals surface area contributed by atoms with Crippen LogP contribution in [0.15, 0.2) is 75.8 Å². The molecule has 0 saturated heterocycles. The third kappa shape index (κ3) is 1.96. The zero-order valence-electron chi connectivity index (χ0n) is 12.5. The molecule has 4 heteroatoms. The first-order chi connectivity index (χ1) is 11.8. The molecule has 0 N–H and O–H groups in total. The van der Waals surface area contributed by atoms with Gasteiger partial charge in [0.25, 0.3) is 0 Å². The van der Waals surface area contributed by atoms with Crippen LogP contribution < -0.4 is 0 Å². The van der Waals surface area contributed by atoms with Crippen LogP contribution in [0.25, 0.3) is 44.2 Å². The van der Waals surface area contributed by atoms with Crippen LogP contribution in [0, 0.1) is 0 Å². The lowest BCUT2D eigenvalue weighted by Gasteiger charge is -2.06. The second kappa shape index (κ2) is 5.14. The van der Waals surface area contributed by atoms with Crippen molar-refractivity contribution in [1.82, 2.24) is 9.97 Å². The van der Waals surface area contributed by atoms with Crippen LogP contribution in [0.5, 0.6) is 0 Å². The highest BCUT2D eigenvalue weighted by Crippen LogP contribution is 2.33. The van der Waals surface area contributed by atoms with Crippen LogP contribution >= 0.6 is 15.9 Å². The van der Waals surface area contributed by atoms with Crippen LogP contribution in [0.1, 0.15) is 0 Å². The summed E-state index contributed by atoms with van der Waals surface area (Å²) >= 11 is 3.60. The van der Waals surface area contributed by atoms with Gasteiger partial charge in [-0.3, -0.25) is 4.98 Å². The number of nitrogens with zero attached hydrogens (tertiary/aromatic N) is 2. The third-order valence-electron chi connectivity index (χ3n) is 4.24. The molecule has 114 valence electrons. The van der Waals surface area contributed by atoms with Crippen molar-refractivity contribution < 1.29 is 4.42 Å². The van der Waals surface area contributed by atoms with Crippen LogP contribution in [0.2, 0.25) is 0 Å². The molecule has 0 aliphatic rings. The van der Waals surface area contributed by atoms with E-state index in [9.17, 15) is 0 Å². The maximum atomic E-state index is 5.90. The number of rotatable bonds is 1. The zero-order valence-corrected chi connectivity index (χ0v) is 14.1. The Balaban J connectivity index is 1.81. The Labute approximate surface area is 146 Å². The van der Waals surface area contributed by atoms with Crippen LogP contribution in [-0.2, 0) is 0 Å². The summed E-state index contributed by atoms with van der Waals surface area (Å²) in [6.07, 6.45) is 1.81. The van der Waals surface area contributed by atoms with Gasteiger partial charge in [0.1, 0.15) is 5.58 Å². The lowest BCUT2D eigenvalue weighted by molar-refractivity contribution is 0.654. The first-order valence-corrected chi connectivity index (χ1v) is 8.42. The molecule has 3 heterocycles. The standard InChI is InChI=1S/C20H11BrN2O/c21-16-6-3-5-14-12(16)10-11-22-19(14)17-9-8-15-13-4-1-2-7-18(13)24-20(15)23-17/h1-11H. The molecule has 0 saturated carbocycles. The molecule has 0 radical (unpaired) electrons. The fourth-order valence-corrected chi connectivity index (χ4v) is 3.61. The molecule has 0 bridgehead atoms. The van der Waals surface area contributed by atoms with E-state index in [2.05, 4.69) is 39.1 Å². The van der Waals surface area contributed by atoms with Crippen LogP contribution in [-0.4, -0.2) is 9.97 Å². The molecule has 0 spiro atoms. The quantitative estimate of drug-likeness (QED) is 0.363. The van der Waals surface area contributed by atoms with E-state index in [1.54, 1.807) is 0 Å². The second-order valence-electron chi connectivity index (χ2n) is 5.64. The summed E-state index contributed by atoms with van der Waals surface area (Å²) in [5.41, 5.74) is 3.16. The predicted octanol–water partition coefficient (Wildman–Crippen LogP) is 5.96. The first kappa shape index (κ1) is 13.7. The highest BCUT2D eigenvalue weighted by molar-refractivity contribution is 9.10. The molecule has 24 heavy (non-hydrogen) atoms. The molecule has 0 aliphatic carbocycles. The van der Waals surface area contributed by atoms with Crippen LogP contribution in [0.4, 0.5) is 0 Å². The van der Waals surface area contributed by atoms with Crippen molar-refractivity contribution >= 4 is 48.8 Å². The highest BCUT2D eigenvalue weighted by atomic mass is 79.9. The Hall–Kier alpha value is -2.72. The van der Waals surface area contributed by atoms with Gasteiger partial charge in [0.05, 0.1) is 11.4 Å². The minimum atomic E-state index is 0.641. The summed E-state index contributed by atoms with van der Waals surface area (Å²) < 4.78 is 6.95. The molecule has 0 atom stereocenters. The number of benzene rings is 2. The fraction of sp³-hybridized carbons (Fsp3) is 0. The Morgan fingerprint density at radius 1 is 0.750 bits per heavy atom. The smallest absolute Gasteiger partial charge is 0.227 e. The minimum absolute atomic E-state index is 0.641. The van der Waals surface area contributed by atoms with E-state index in [1.807, 2.05) is 48.7 Å². The largest absolute Gasteiger partial charge is 0.438 e.